The molecule has 204 valence electrons. The number of aromatic nitrogens is 4. The third-order valence-electron chi connectivity index (χ3n) is 4.34. The van der Waals surface area contributed by atoms with Crippen LogP contribution in [0.25, 0.3) is 0 Å². The first-order valence-electron chi connectivity index (χ1n) is 11.3. The molecule has 0 aliphatic rings. The van der Waals surface area contributed by atoms with Crippen molar-refractivity contribution in [2.75, 3.05) is 29.2 Å². The van der Waals surface area contributed by atoms with Crippen molar-refractivity contribution in [1.82, 2.24) is 19.9 Å². The standard InChI is InChI=1S/C12H12ClN5O.C11H7Cl2N3O.C2H7N/c1-18(14)10-9(7-15-12(13)17-10)11(19)16-8-5-3-2-4-6-8;12-9-8(6-14-11(13)16-9)10(17)15-7-4-2-1-3-5-7;1-2-3/h2-7H,14H2,1H3,(H,16,19);1-6H,(H,15,17);2-3H2,1H3. The highest BCUT2D eigenvalue weighted by atomic mass is 35.5. The number of nitrogens with one attached hydrogen (secondary N) is 2. The maximum atomic E-state index is 12.1. The summed E-state index contributed by atoms with van der Waals surface area (Å²) in [6.45, 7) is 2.65. The molecule has 39 heavy (non-hydrogen) atoms. The van der Waals surface area contributed by atoms with E-state index in [1.165, 1.54) is 17.4 Å². The number of nitrogens with zero attached hydrogens (tertiary/aromatic N) is 5. The Morgan fingerprint density at radius 3 is 1.64 bits per heavy atom. The molecule has 0 unspecified atom stereocenters. The number of carbonyl (C=O) groups excluding carboxylic acids is 2. The lowest BCUT2D eigenvalue weighted by atomic mass is 10.2. The summed E-state index contributed by atoms with van der Waals surface area (Å²) in [5.74, 6) is 5.15. The molecule has 2 aromatic heterocycles. The number of para-hydroxylation sites is 2. The third kappa shape index (κ3) is 10.4. The lowest BCUT2D eigenvalue weighted by Crippen LogP contribution is -2.29. The second-order valence-electron chi connectivity index (χ2n) is 7.38. The zero-order chi connectivity index (χ0) is 28.8. The van der Waals surface area contributed by atoms with Gasteiger partial charge in [0.15, 0.2) is 5.82 Å². The van der Waals surface area contributed by atoms with Crippen LogP contribution in [0.1, 0.15) is 27.6 Å². The van der Waals surface area contributed by atoms with Gasteiger partial charge in [-0.15, -0.1) is 0 Å². The van der Waals surface area contributed by atoms with Gasteiger partial charge in [0.25, 0.3) is 11.8 Å². The molecule has 0 fully saturated rings. The van der Waals surface area contributed by atoms with Crippen molar-refractivity contribution in [3.8, 4) is 0 Å². The summed E-state index contributed by atoms with van der Waals surface area (Å²) in [5, 5.41) is 6.68. The number of carbonyl (C=O) groups is 2. The molecule has 0 aliphatic carbocycles. The molecule has 6 N–H and O–H groups in total. The first kappa shape index (κ1) is 31.3. The minimum atomic E-state index is -0.377. The Morgan fingerprint density at radius 2 is 1.21 bits per heavy atom. The number of benzene rings is 2. The van der Waals surface area contributed by atoms with Gasteiger partial charge in [0.05, 0.1) is 5.56 Å². The number of halogens is 3. The molecule has 2 amide bonds. The van der Waals surface area contributed by atoms with Gasteiger partial charge in [0.1, 0.15) is 10.7 Å². The van der Waals surface area contributed by atoms with E-state index in [0.717, 1.165) is 6.54 Å². The van der Waals surface area contributed by atoms with E-state index in [1.807, 2.05) is 43.3 Å². The van der Waals surface area contributed by atoms with Crippen LogP contribution in [0.2, 0.25) is 15.7 Å². The van der Waals surface area contributed by atoms with Gasteiger partial charge in [-0.1, -0.05) is 54.9 Å². The minimum Gasteiger partial charge on any atom is -0.331 e. The summed E-state index contributed by atoms with van der Waals surface area (Å²) >= 11 is 17.0. The average molecular weight is 591 g/mol. The van der Waals surface area contributed by atoms with Crippen molar-refractivity contribution < 1.29 is 9.59 Å². The first-order chi connectivity index (χ1) is 18.7. The van der Waals surface area contributed by atoms with E-state index in [2.05, 4.69) is 30.6 Å². The molecule has 0 saturated heterocycles. The van der Waals surface area contributed by atoms with Gasteiger partial charge in [-0.05, 0) is 54.0 Å². The Morgan fingerprint density at radius 1 is 0.795 bits per heavy atom. The molecule has 4 aromatic rings. The molecular formula is C25H26Cl3N9O2. The topological polar surface area (TPSA) is 165 Å². The van der Waals surface area contributed by atoms with Gasteiger partial charge in [-0.25, -0.2) is 20.8 Å². The predicted octanol–water partition coefficient (Wildman–Crippen LogP) is 4.69. The number of hydrazine groups is 1. The van der Waals surface area contributed by atoms with E-state index in [9.17, 15) is 9.59 Å². The molecule has 0 bridgehead atoms. The van der Waals surface area contributed by atoms with Gasteiger partial charge >= 0.3 is 0 Å². The number of rotatable bonds is 5. The summed E-state index contributed by atoms with van der Waals surface area (Å²) in [7, 11) is 1.57. The summed E-state index contributed by atoms with van der Waals surface area (Å²) < 4.78 is 0. The van der Waals surface area contributed by atoms with Gasteiger partial charge in [0.2, 0.25) is 10.6 Å². The number of nitrogens with two attached hydrogens (primary N) is 2. The molecule has 0 radical (unpaired) electrons. The van der Waals surface area contributed by atoms with E-state index in [0.29, 0.717) is 11.4 Å². The molecular weight excluding hydrogens is 565 g/mol. The number of anilines is 3. The molecule has 0 spiro atoms. The van der Waals surface area contributed by atoms with E-state index in [1.54, 1.807) is 31.3 Å². The van der Waals surface area contributed by atoms with Crippen LogP contribution in [0.4, 0.5) is 17.2 Å². The SMILES string of the molecule is CCN.CN(N)c1nc(Cl)ncc1C(=O)Nc1ccccc1.O=C(Nc1ccccc1)c1cnc(Cl)nc1Cl. The highest BCUT2D eigenvalue weighted by molar-refractivity contribution is 6.34. The van der Waals surface area contributed by atoms with Crippen molar-refractivity contribution in [3.63, 3.8) is 0 Å². The van der Waals surface area contributed by atoms with E-state index in [4.69, 9.17) is 46.4 Å². The lowest BCUT2D eigenvalue weighted by Gasteiger charge is -2.15. The van der Waals surface area contributed by atoms with Crippen molar-refractivity contribution >= 4 is 63.8 Å². The Bertz CT molecular complexity index is 1360. The van der Waals surface area contributed by atoms with Crippen LogP contribution in [0, 0.1) is 0 Å². The van der Waals surface area contributed by atoms with Gasteiger partial charge in [0, 0.05) is 30.8 Å². The highest BCUT2D eigenvalue weighted by Gasteiger charge is 2.16. The van der Waals surface area contributed by atoms with Crippen molar-refractivity contribution in [2.24, 2.45) is 11.6 Å². The molecule has 2 aromatic carbocycles. The summed E-state index contributed by atoms with van der Waals surface area (Å²) in [6.07, 6.45) is 2.63. The monoisotopic (exact) mass is 589 g/mol. The second-order valence-corrected chi connectivity index (χ2v) is 8.41. The number of hydrogen-bond acceptors (Lipinski definition) is 9. The fraction of sp³-hybridized carbons (Fsp3) is 0.120. The maximum Gasteiger partial charge on any atom is 0.261 e. The first-order valence-corrected chi connectivity index (χ1v) is 12.4. The fourth-order valence-electron chi connectivity index (χ4n) is 2.71. The summed E-state index contributed by atoms with van der Waals surface area (Å²) in [4.78, 5) is 39.1. The van der Waals surface area contributed by atoms with Crippen LogP contribution in [0.3, 0.4) is 0 Å². The van der Waals surface area contributed by atoms with Gasteiger partial charge in [-0.2, -0.15) is 4.98 Å². The van der Waals surface area contributed by atoms with E-state index < -0.39 is 0 Å². The Hall–Kier alpha value is -3.87. The number of hydrogen-bond donors (Lipinski definition) is 4. The maximum absolute atomic E-state index is 12.1. The average Bonchev–Trinajstić information content (AvgIpc) is 2.90. The molecule has 0 saturated carbocycles. The van der Waals surface area contributed by atoms with Crippen LogP contribution in [0.15, 0.2) is 73.1 Å². The van der Waals surface area contributed by atoms with E-state index >= 15 is 0 Å². The quantitative estimate of drug-likeness (QED) is 0.112. The van der Waals surface area contributed by atoms with Gasteiger partial charge in [-0.3, -0.25) is 14.6 Å². The molecule has 4 rings (SSSR count). The predicted molar refractivity (Wildman–Crippen MR) is 155 cm³/mol. The Balaban J connectivity index is 0.000000250. The van der Waals surface area contributed by atoms with Crippen molar-refractivity contribution in [3.05, 3.63) is 99.9 Å². The highest BCUT2D eigenvalue weighted by Crippen LogP contribution is 2.18. The van der Waals surface area contributed by atoms with Gasteiger partial charge < -0.3 is 16.4 Å². The second kappa shape index (κ2) is 16.2. The smallest absolute Gasteiger partial charge is 0.261 e. The van der Waals surface area contributed by atoms with Crippen LogP contribution < -0.4 is 27.2 Å². The van der Waals surface area contributed by atoms with Crippen LogP contribution in [-0.2, 0) is 0 Å². The largest absolute Gasteiger partial charge is 0.331 e. The Kier molecular flexibility index (Phi) is 13.0. The molecule has 14 heteroatoms. The summed E-state index contributed by atoms with van der Waals surface area (Å²) in [5.41, 5.74) is 6.62. The van der Waals surface area contributed by atoms with Crippen LogP contribution in [-0.4, -0.2) is 45.3 Å². The Labute approximate surface area is 240 Å². The molecule has 0 aliphatic heterocycles. The lowest BCUT2D eigenvalue weighted by molar-refractivity contribution is 0.101. The molecule has 2 heterocycles. The third-order valence-corrected chi connectivity index (χ3v) is 4.99. The van der Waals surface area contributed by atoms with Crippen molar-refractivity contribution in [1.29, 1.82) is 0 Å². The normalized spacial score (nSPS) is 9.72. The van der Waals surface area contributed by atoms with Crippen LogP contribution >= 0.6 is 34.8 Å². The molecule has 11 nitrogen and oxygen atoms in total. The minimum absolute atomic E-state index is 0.00580. The summed E-state index contributed by atoms with van der Waals surface area (Å²) in [6, 6.07) is 18.1. The zero-order valence-corrected chi connectivity index (χ0v) is 23.2. The van der Waals surface area contributed by atoms with Crippen LogP contribution in [0.5, 0.6) is 0 Å². The van der Waals surface area contributed by atoms with E-state index in [-0.39, 0.29) is 44.5 Å². The fourth-order valence-corrected chi connectivity index (χ4v) is 3.23. The molecule has 0 atom stereocenters. The zero-order valence-electron chi connectivity index (χ0n) is 21.0. The van der Waals surface area contributed by atoms with Crippen molar-refractivity contribution in [2.45, 2.75) is 6.92 Å². The number of amides is 2.